The number of nitrogens with two attached hydrogens (primary N) is 1. The average Bonchev–Trinajstić information content (AvgIpc) is 2.71. The van der Waals surface area contributed by atoms with Gasteiger partial charge in [0.2, 0.25) is 0 Å². The second kappa shape index (κ2) is 5.63. The molecule has 2 rings (SSSR count). The summed E-state index contributed by atoms with van der Waals surface area (Å²) in [4.78, 5) is 0. The zero-order chi connectivity index (χ0) is 13.1. The van der Waals surface area contributed by atoms with E-state index in [9.17, 15) is 0 Å². The predicted octanol–water partition coefficient (Wildman–Crippen LogP) is 2.77. The van der Waals surface area contributed by atoms with E-state index >= 15 is 0 Å². The minimum Gasteiger partial charge on any atom is -0.322 e. The molecule has 4 nitrogen and oxygen atoms in total. The van der Waals surface area contributed by atoms with Crippen LogP contribution in [0.5, 0.6) is 0 Å². The first-order valence-corrected chi connectivity index (χ1v) is 6.80. The average molecular weight is 309 g/mol. The van der Waals surface area contributed by atoms with Gasteiger partial charge in [-0.25, -0.2) is 4.68 Å². The molecule has 0 saturated heterocycles. The third-order valence-electron chi connectivity index (χ3n) is 3.24. The highest BCUT2D eigenvalue weighted by Gasteiger charge is 2.25. The van der Waals surface area contributed by atoms with Crippen molar-refractivity contribution >= 4 is 15.9 Å². The molecular weight excluding hydrogens is 292 g/mol. The fourth-order valence-corrected chi connectivity index (χ4v) is 2.87. The van der Waals surface area contributed by atoms with Crippen LogP contribution in [0, 0.1) is 0 Å². The largest absolute Gasteiger partial charge is 0.322 e. The highest BCUT2D eigenvalue weighted by atomic mass is 79.9. The van der Waals surface area contributed by atoms with Crippen LogP contribution in [-0.4, -0.2) is 15.0 Å². The molecular formula is C13H17BrN4. The number of aromatic nitrogens is 3. The fourth-order valence-electron chi connectivity index (χ4n) is 2.28. The van der Waals surface area contributed by atoms with Gasteiger partial charge >= 0.3 is 0 Å². The number of nitrogens with zero attached hydrogens (tertiary/aromatic N) is 3. The maximum absolute atomic E-state index is 6.40. The van der Waals surface area contributed by atoms with E-state index in [-0.39, 0.29) is 12.0 Å². The summed E-state index contributed by atoms with van der Waals surface area (Å²) in [5, 5.41) is 7.98. The highest BCUT2D eigenvalue weighted by Crippen LogP contribution is 2.33. The van der Waals surface area contributed by atoms with Crippen molar-refractivity contribution in [2.75, 3.05) is 0 Å². The lowest BCUT2D eigenvalue weighted by molar-refractivity contribution is 0.500. The first-order valence-electron chi connectivity index (χ1n) is 6.00. The maximum Gasteiger partial charge on any atom is 0.153 e. The van der Waals surface area contributed by atoms with Gasteiger partial charge < -0.3 is 5.73 Å². The quantitative estimate of drug-likeness (QED) is 0.945. The van der Waals surface area contributed by atoms with Gasteiger partial charge in [-0.3, -0.25) is 0 Å². The zero-order valence-electron chi connectivity index (χ0n) is 10.5. The molecule has 0 amide bonds. The molecule has 1 aromatic carbocycles. The van der Waals surface area contributed by atoms with Crippen LogP contribution < -0.4 is 5.73 Å². The van der Waals surface area contributed by atoms with E-state index in [0.29, 0.717) is 0 Å². The van der Waals surface area contributed by atoms with Crippen molar-refractivity contribution < 1.29 is 0 Å². The van der Waals surface area contributed by atoms with Gasteiger partial charge in [0.05, 0.1) is 11.7 Å². The van der Waals surface area contributed by atoms with Gasteiger partial charge in [-0.2, -0.15) is 0 Å². The van der Waals surface area contributed by atoms with Crippen molar-refractivity contribution in [1.82, 2.24) is 15.0 Å². The Balaban J connectivity index is 2.34. The number of halogens is 1. The Morgan fingerprint density at radius 1 is 1.33 bits per heavy atom. The molecule has 0 aliphatic carbocycles. The molecule has 1 heterocycles. The predicted molar refractivity (Wildman–Crippen MR) is 75.1 cm³/mol. The molecule has 18 heavy (non-hydrogen) atoms. The van der Waals surface area contributed by atoms with Crippen molar-refractivity contribution in [2.45, 2.75) is 25.3 Å². The van der Waals surface area contributed by atoms with Gasteiger partial charge in [0.1, 0.15) is 0 Å². The Bertz CT molecular complexity index is 489. The second-order valence-electron chi connectivity index (χ2n) is 4.34. The van der Waals surface area contributed by atoms with Crippen LogP contribution in [0.25, 0.3) is 0 Å². The van der Waals surface area contributed by atoms with Gasteiger partial charge in [0.15, 0.2) is 4.60 Å². The highest BCUT2D eigenvalue weighted by molar-refractivity contribution is 9.10. The molecule has 0 radical (unpaired) electrons. The van der Waals surface area contributed by atoms with Gasteiger partial charge in [0, 0.05) is 13.0 Å². The SMILES string of the molecule is CCC(c1ccccc1)C(N)c1c(Br)nnn1C. The van der Waals surface area contributed by atoms with Crippen LogP contribution in [-0.2, 0) is 7.05 Å². The zero-order valence-corrected chi connectivity index (χ0v) is 12.1. The summed E-state index contributed by atoms with van der Waals surface area (Å²) in [6.45, 7) is 2.15. The van der Waals surface area contributed by atoms with E-state index < -0.39 is 0 Å². The molecule has 0 aliphatic rings. The van der Waals surface area contributed by atoms with Gasteiger partial charge in [0.25, 0.3) is 0 Å². The summed E-state index contributed by atoms with van der Waals surface area (Å²) in [5.74, 6) is 0.264. The molecule has 2 unspecified atom stereocenters. The Kier molecular flexibility index (Phi) is 4.14. The first kappa shape index (κ1) is 13.2. The molecule has 0 aliphatic heterocycles. The number of hydrogen-bond donors (Lipinski definition) is 1. The maximum atomic E-state index is 6.40. The minimum atomic E-state index is -0.119. The summed E-state index contributed by atoms with van der Waals surface area (Å²) in [6.07, 6.45) is 0.975. The third-order valence-corrected chi connectivity index (χ3v) is 3.81. The molecule has 1 aromatic heterocycles. The van der Waals surface area contributed by atoms with Crippen LogP contribution in [0.1, 0.15) is 36.6 Å². The summed E-state index contributed by atoms with van der Waals surface area (Å²) in [5.41, 5.74) is 8.58. The third kappa shape index (κ3) is 2.47. The number of aryl methyl sites for hydroxylation is 1. The van der Waals surface area contributed by atoms with Crippen molar-refractivity contribution in [3.8, 4) is 0 Å². The van der Waals surface area contributed by atoms with Crippen LogP contribution >= 0.6 is 15.9 Å². The van der Waals surface area contributed by atoms with Crippen LogP contribution in [0.2, 0.25) is 0 Å². The molecule has 0 fully saturated rings. The molecule has 0 saturated carbocycles. The summed E-state index contributed by atoms with van der Waals surface area (Å²) < 4.78 is 2.47. The van der Waals surface area contributed by atoms with E-state index in [1.165, 1.54) is 5.56 Å². The van der Waals surface area contributed by atoms with Gasteiger partial charge in [-0.05, 0) is 27.9 Å². The summed E-state index contributed by atoms with van der Waals surface area (Å²) >= 11 is 3.41. The standard InChI is InChI=1S/C13H17BrN4/c1-3-10(9-7-5-4-6-8-9)11(15)12-13(14)16-17-18(12)2/h4-8,10-11H,3,15H2,1-2H3. The topological polar surface area (TPSA) is 56.7 Å². The minimum absolute atomic E-state index is 0.119. The first-order chi connectivity index (χ1) is 8.65. The Morgan fingerprint density at radius 3 is 2.50 bits per heavy atom. The Labute approximate surface area is 115 Å². The molecule has 96 valence electrons. The van der Waals surface area contributed by atoms with E-state index in [0.717, 1.165) is 16.7 Å². The van der Waals surface area contributed by atoms with Crippen LogP contribution in [0.4, 0.5) is 0 Å². The molecule has 0 spiro atoms. The van der Waals surface area contributed by atoms with E-state index in [1.807, 2.05) is 25.2 Å². The summed E-state index contributed by atoms with van der Waals surface area (Å²) in [6, 6.07) is 10.2. The normalized spacial score (nSPS) is 14.4. The number of rotatable bonds is 4. The Hall–Kier alpha value is -1.20. The lowest BCUT2D eigenvalue weighted by Crippen LogP contribution is -2.22. The molecule has 0 bridgehead atoms. The van der Waals surface area contributed by atoms with Crippen LogP contribution in [0.15, 0.2) is 34.9 Å². The summed E-state index contributed by atoms with van der Waals surface area (Å²) in [7, 11) is 1.87. The number of benzene rings is 1. The second-order valence-corrected chi connectivity index (χ2v) is 5.09. The molecule has 2 aromatic rings. The van der Waals surface area contributed by atoms with Crippen molar-refractivity contribution in [3.63, 3.8) is 0 Å². The van der Waals surface area contributed by atoms with Gasteiger partial charge in [-0.15, -0.1) is 5.10 Å². The number of hydrogen-bond acceptors (Lipinski definition) is 3. The fraction of sp³-hybridized carbons (Fsp3) is 0.385. The molecule has 5 heteroatoms. The van der Waals surface area contributed by atoms with Crippen molar-refractivity contribution in [2.24, 2.45) is 12.8 Å². The van der Waals surface area contributed by atoms with Crippen molar-refractivity contribution in [1.29, 1.82) is 0 Å². The lowest BCUT2D eigenvalue weighted by Gasteiger charge is -2.23. The van der Waals surface area contributed by atoms with E-state index in [1.54, 1.807) is 4.68 Å². The molecule has 2 atom stereocenters. The smallest absolute Gasteiger partial charge is 0.153 e. The van der Waals surface area contributed by atoms with E-state index in [2.05, 4.69) is 45.3 Å². The van der Waals surface area contributed by atoms with E-state index in [4.69, 9.17) is 5.73 Å². The van der Waals surface area contributed by atoms with Crippen molar-refractivity contribution in [3.05, 3.63) is 46.2 Å². The van der Waals surface area contributed by atoms with Crippen LogP contribution in [0.3, 0.4) is 0 Å². The monoisotopic (exact) mass is 308 g/mol. The Morgan fingerprint density at radius 2 is 2.00 bits per heavy atom. The van der Waals surface area contributed by atoms with Gasteiger partial charge in [-0.1, -0.05) is 42.5 Å². The molecule has 2 N–H and O–H groups in total. The lowest BCUT2D eigenvalue weighted by atomic mass is 9.88.